The van der Waals surface area contributed by atoms with E-state index in [4.69, 9.17) is 17.0 Å². The first-order chi connectivity index (χ1) is 11.1. The summed E-state index contributed by atoms with van der Waals surface area (Å²) in [5.41, 5.74) is 3.91. The molecule has 0 aliphatic carbocycles. The van der Waals surface area contributed by atoms with Gasteiger partial charge in [-0.1, -0.05) is 55.8 Å². The molecular weight excluding hydrogens is 304 g/mol. The highest BCUT2D eigenvalue weighted by atomic mass is 32.1. The van der Waals surface area contributed by atoms with Crippen molar-refractivity contribution >= 4 is 17.3 Å². The van der Waals surface area contributed by atoms with Crippen molar-refractivity contribution in [2.45, 2.75) is 32.6 Å². The van der Waals surface area contributed by atoms with Gasteiger partial charge in [0, 0.05) is 6.42 Å². The summed E-state index contributed by atoms with van der Waals surface area (Å²) in [6, 6.07) is 15.7. The van der Waals surface area contributed by atoms with E-state index in [0.29, 0.717) is 11.5 Å². The predicted octanol–water partition coefficient (Wildman–Crippen LogP) is 4.57. The second-order valence-corrected chi connectivity index (χ2v) is 6.03. The highest BCUT2D eigenvalue weighted by Crippen LogP contribution is 2.19. The fourth-order valence-electron chi connectivity index (χ4n) is 2.51. The molecule has 0 saturated carbocycles. The summed E-state index contributed by atoms with van der Waals surface area (Å²) in [5.74, 6) is 0. The first-order valence-electron chi connectivity index (χ1n) is 7.93. The number of thiocarbonyl (C=S) groups is 1. The third-order valence-corrected chi connectivity index (χ3v) is 4.10. The van der Waals surface area contributed by atoms with Gasteiger partial charge in [-0.25, -0.2) is 0 Å². The maximum atomic E-state index is 12.6. The van der Waals surface area contributed by atoms with Crippen LogP contribution in [0, 0.1) is 0 Å². The van der Waals surface area contributed by atoms with Gasteiger partial charge in [-0.3, -0.25) is 4.79 Å². The topological polar surface area (TPSA) is 26.3 Å². The van der Waals surface area contributed by atoms with Crippen LogP contribution in [-0.4, -0.2) is 12.2 Å². The Morgan fingerprint density at radius 3 is 2.48 bits per heavy atom. The molecule has 0 N–H and O–H groups in total. The molecule has 0 unspecified atom stereocenters. The van der Waals surface area contributed by atoms with Crippen LogP contribution in [0.2, 0.25) is 0 Å². The van der Waals surface area contributed by atoms with E-state index >= 15 is 0 Å². The second kappa shape index (κ2) is 8.59. The summed E-state index contributed by atoms with van der Waals surface area (Å²) in [6.45, 7) is 2.13. The molecule has 0 aliphatic heterocycles. The number of unbranched alkanes of at least 4 members (excludes halogenated alkanes) is 1. The van der Waals surface area contributed by atoms with Crippen LogP contribution in [-0.2, 0) is 17.6 Å². The molecule has 2 rings (SSSR count). The van der Waals surface area contributed by atoms with Crippen molar-refractivity contribution in [2.24, 2.45) is 0 Å². The van der Waals surface area contributed by atoms with E-state index in [1.165, 1.54) is 0 Å². The van der Waals surface area contributed by atoms with E-state index in [1.807, 2.05) is 42.5 Å². The molecule has 0 spiro atoms. The minimum absolute atomic E-state index is 0.0897. The number of hydrogen-bond donors (Lipinski definition) is 0. The largest absolute Gasteiger partial charge is 0.490 e. The Balaban J connectivity index is 2.53. The third-order valence-electron chi connectivity index (χ3n) is 3.79. The zero-order chi connectivity index (χ0) is 16.7. The second-order valence-electron chi connectivity index (χ2n) is 5.58. The first-order valence-corrected chi connectivity index (χ1v) is 8.34. The van der Waals surface area contributed by atoms with E-state index in [1.54, 1.807) is 13.2 Å². The lowest BCUT2D eigenvalue weighted by Gasteiger charge is -2.03. The fraction of sp³-hybridized carbons (Fsp3) is 0.300. The Hall–Kier alpha value is -2.00. The first kappa shape index (κ1) is 17.4. The molecule has 2 aromatic carbocycles. The van der Waals surface area contributed by atoms with Crippen LogP contribution in [0.25, 0.3) is 11.1 Å². The zero-order valence-electron chi connectivity index (χ0n) is 13.7. The normalized spacial score (nSPS) is 10.3. The van der Waals surface area contributed by atoms with E-state index in [-0.39, 0.29) is 5.43 Å². The Bertz CT molecular complexity index is 723. The summed E-state index contributed by atoms with van der Waals surface area (Å²) < 4.78 is 5.13. The van der Waals surface area contributed by atoms with Crippen LogP contribution < -0.4 is 5.43 Å². The number of aryl methyl sites for hydroxylation is 1. The van der Waals surface area contributed by atoms with E-state index < -0.39 is 0 Å². The molecule has 0 bridgehead atoms. The molecule has 3 heteroatoms. The Morgan fingerprint density at radius 2 is 1.83 bits per heavy atom. The smallest absolute Gasteiger partial charge is 0.182 e. The lowest BCUT2D eigenvalue weighted by atomic mass is 10.1. The molecule has 2 nitrogen and oxygen atoms in total. The average molecular weight is 326 g/mol. The number of methoxy groups -OCH3 is 1. The van der Waals surface area contributed by atoms with Gasteiger partial charge in [0.05, 0.1) is 7.11 Å². The monoisotopic (exact) mass is 326 g/mol. The Morgan fingerprint density at radius 1 is 1.09 bits per heavy atom. The standard InChI is InChI=1S/C20H22O2S/c1-3-4-8-17-11-15(13-20(23)22-2)12-18(14-19(17)21)16-9-6-5-7-10-16/h5-7,9-12,14H,3-4,8,13H2,1-2H3. The van der Waals surface area contributed by atoms with Gasteiger partial charge in [0.25, 0.3) is 0 Å². The van der Waals surface area contributed by atoms with Crippen molar-refractivity contribution in [1.82, 2.24) is 0 Å². The SMILES string of the molecule is CCCCc1cc(CC(=S)OC)cc(-c2ccccc2)cc1=O. The third kappa shape index (κ3) is 5.00. The van der Waals surface area contributed by atoms with Gasteiger partial charge >= 0.3 is 0 Å². The number of benzene rings is 1. The fourth-order valence-corrected chi connectivity index (χ4v) is 2.68. The van der Waals surface area contributed by atoms with Crippen LogP contribution in [0.3, 0.4) is 0 Å². The summed E-state index contributed by atoms with van der Waals surface area (Å²) in [4.78, 5) is 12.6. The van der Waals surface area contributed by atoms with Gasteiger partial charge in [0.15, 0.2) is 10.5 Å². The quantitative estimate of drug-likeness (QED) is 0.727. The molecule has 0 aromatic heterocycles. The van der Waals surface area contributed by atoms with Gasteiger partial charge in [-0.05, 0) is 53.4 Å². The maximum Gasteiger partial charge on any atom is 0.182 e. The van der Waals surface area contributed by atoms with Gasteiger partial charge in [-0.15, -0.1) is 0 Å². The predicted molar refractivity (Wildman–Crippen MR) is 100 cm³/mol. The molecule has 0 amide bonds. The van der Waals surface area contributed by atoms with Crippen LogP contribution in [0.1, 0.15) is 30.9 Å². The minimum Gasteiger partial charge on any atom is -0.490 e. The molecular formula is C20H22O2S. The van der Waals surface area contributed by atoms with Gasteiger partial charge < -0.3 is 4.74 Å². The van der Waals surface area contributed by atoms with Crippen LogP contribution >= 0.6 is 12.2 Å². The van der Waals surface area contributed by atoms with Crippen molar-refractivity contribution in [2.75, 3.05) is 7.11 Å². The van der Waals surface area contributed by atoms with Crippen molar-refractivity contribution in [3.05, 3.63) is 69.9 Å². The summed E-state index contributed by atoms with van der Waals surface area (Å²) in [6.07, 6.45) is 3.41. The zero-order valence-corrected chi connectivity index (χ0v) is 14.5. The van der Waals surface area contributed by atoms with E-state index in [0.717, 1.165) is 41.5 Å². The molecule has 0 atom stereocenters. The molecule has 2 aromatic rings. The Kier molecular flexibility index (Phi) is 6.48. The molecule has 120 valence electrons. The number of ether oxygens (including phenoxy) is 1. The molecule has 0 heterocycles. The maximum absolute atomic E-state index is 12.6. The summed E-state index contributed by atoms with van der Waals surface area (Å²) in [5, 5.41) is 0.532. The van der Waals surface area contributed by atoms with E-state index in [2.05, 4.69) is 6.92 Å². The average Bonchev–Trinajstić information content (AvgIpc) is 2.72. The number of rotatable bonds is 6. The van der Waals surface area contributed by atoms with Crippen LogP contribution in [0.15, 0.2) is 53.3 Å². The molecule has 0 radical (unpaired) electrons. The van der Waals surface area contributed by atoms with Crippen molar-refractivity contribution in [1.29, 1.82) is 0 Å². The molecule has 0 aliphatic rings. The highest BCUT2D eigenvalue weighted by molar-refractivity contribution is 7.80. The summed E-state index contributed by atoms with van der Waals surface area (Å²) >= 11 is 5.19. The van der Waals surface area contributed by atoms with Gasteiger partial charge in [0.2, 0.25) is 0 Å². The molecule has 0 saturated heterocycles. The van der Waals surface area contributed by atoms with Gasteiger partial charge in [-0.2, -0.15) is 0 Å². The lowest BCUT2D eigenvalue weighted by molar-refractivity contribution is 0.406. The molecule has 23 heavy (non-hydrogen) atoms. The summed E-state index contributed by atoms with van der Waals surface area (Å²) in [7, 11) is 1.58. The minimum atomic E-state index is 0.0897. The molecule has 0 fully saturated rings. The highest BCUT2D eigenvalue weighted by Gasteiger charge is 2.07. The van der Waals surface area contributed by atoms with Crippen LogP contribution in [0.4, 0.5) is 0 Å². The lowest BCUT2D eigenvalue weighted by Crippen LogP contribution is -2.05. The Labute approximate surface area is 143 Å². The van der Waals surface area contributed by atoms with E-state index in [9.17, 15) is 4.79 Å². The van der Waals surface area contributed by atoms with Crippen molar-refractivity contribution in [3.8, 4) is 11.1 Å². The van der Waals surface area contributed by atoms with Crippen molar-refractivity contribution in [3.63, 3.8) is 0 Å². The van der Waals surface area contributed by atoms with Gasteiger partial charge in [0.1, 0.15) is 0 Å². The van der Waals surface area contributed by atoms with Crippen LogP contribution in [0.5, 0.6) is 0 Å². The number of hydrogen-bond acceptors (Lipinski definition) is 3. The van der Waals surface area contributed by atoms with Crippen molar-refractivity contribution < 1.29 is 4.74 Å².